The van der Waals surface area contributed by atoms with Crippen LogP contribution in [0.25, 0.3) is 0 Å². The molecular formula is C14H25NO3. The molecule has 0 N–H and O–H groups in total. The molecule has 4 nitrogen and oxygen atoms in total. The molecule has 0 atom stereocenters. The van der Waals surface area contributed by atoms with Gasteiger partial charge in [-0.15, -0.1) is 0 Å². The molecule has 0 aromatic rings. The summed E-state index contributed by atoms with van der Waals surface area (Å²) in [5.41, 5.74) is -0.303. The summed E-state index contributed by atoms with van der Waals surface area (Å²) in [6.45, 7) is 9.33. The van der Waals surface area contributed by atoms with Crippen LogP contribution in [0.4, 0.5) is 4.79 Å². The number of piperidine rings is 1. The number of ether oxygens (including phenoxy) is 2. The van der Waals surface area contributed by atoms with E-state index < -0.39 is 5.60 Å². The first-order valence-corrected chi connectivity index (χ1v) is 6.44. The summed E-state index contributed by atoms with van der Waals surface area (Å²) in [5, 5.41) is 0. The van der Waals surface area contributed by atoms with Crippen LogP contribution < -0.4 is 0 Å². The number of hydrogen-bond acceptors (Lipinski definition) is 3. The van der Waals surface area contributed by atoms with Crippen LogP contribution in [0.5, 0.6) is 0 Å². The van der Waals surface area contributed by atoms with Crippen molar-refractivity contribution < 1.29 is 14.3 Å². The van der Waals surface area contributed by atoms with E-state index in [0.717, 1.165) is 25.9 Å². The van der Waals surface area contributed by atoms with E-state index in [2.05, 4.69) is 13.0 Å². The Morgan fingerprint density at radius 3 is 2.28 bits per heavy atom. The van der Waals surface area contributed by atoms with Gasteiger partial charge in [-0.25, -0.2) is 4.79 Å². The molecule has 1 amide bonds. The van der Waals surface area contributed by atoms with Gasteiger partial charge in [0.25, 0.3) is 0 Å². The monoisotopic (exact) mass is 255 g/mol. The summed E-state index contributed by atoms with van der Waals surface area (Å²) < 4.78 is 10.3. The third-order valence-corrected chi connectivity index (χ3v) is 3.16. The van der Waals surface area contributed by atoms with Crippen LogP contribution in [-0.4, -0.2) is 36.8 Å². The van der Waals surface area contributed by atoms with Crippen LogP contribution in [0, 0.1) is 5.41 Å². The van der Waals surface area contributed by atoms with Gasteiger partial charge in [-0.1, -0.05) is 6.92 Å². The summed E-state index contributed by atoms with van der Waals surface area (Å²) in [5.74, 6) is 0. The highest BCUT2D eigenvalue weighted by Crippen LogP contribution is 2.32. The van der Waals surface area contributed by atoms with E-state index >= 15 is 0 Å². The molecule has 1 saturated heterocycles. The third-order valence-electron chi connectivity index (χ3n) is 3.16. The van der Waals surface area contributed by atoms with E-state index in [4.69, 9.17) is 9.47 Å². The maximum atomic E-state index is 11.9. The van der Waals surface area contributed by atoms with Gasteiger partial charge in [0.15, 0.2) is 0 Å². The van der Waals surface area contributed by atoms with E-state index in [1.54, 1.807) is 18.3 Å². The Morgan fingerprint density at radius 2 is 1.83 bits per heavy atom. The molecule has 0 saturated carbocycles. The van der Waals surface area contributed by atoms with Crippen LogP contribution >= 0.6 is 0 Å². The van der Waals surface area contributed by atoms with Gasteiger partial charge in [-0.3, -0.25) is 0 Å². The van der Waals surface area contributed by atoms with Crippen molar-refractivity contribution >= 4 is 6.09 Å². The van der Waals surface area contributed by atoms with E-state index in [0.29, 0.717) is 0 Å². The lowest BCUT2D eigenvalue weighted by Crippen LogP contribution is -2.43. The topological polar surface area (TPSA) is 38.8 Å². The van der Waals surface area contributed by atoms with Gasteiger partial charge in [-0.05, 0) is 45.1 Å². The van der Waals surface area contributed by atoms with Gasteiger partial charge >= 0.3 is 6.09 Å². The summed E-state index contributed by atoms with van der Waals surface area (Å²) in [7, 11) is 1.65. The predicted molar refractivity (Wildman–Crippen MR) is 71.3 cm³/mol. The molecule has 0 aromatic heterocycles. The average molecular weight is 255 g/mol. The van der Waals surface area contributed by atoms with Crippen molar-refractivity contribution in [1.29, 1.82) is 0 Å². The molecule has 0 aromatic carbocycles. The molecule has 0 bridgehead atoms. The largest absolute Gasteiger partial charge is 0.505 e. The second-order valence-electron chi connectivity index (χ2n) is 6.16. The Hall–Kier alpha value is -1.19. The smallest absolute Gasteiger partial charge is 0.410 e. The van der Waals surface area contributed by atoms with Crippen molar-refractivity contribution in [1.82, 2.24) is 4.90 Å². The molecule has 0 aliphatic carbocycles. The number of carbonyl (C=O) groups excluding carboxylic acids is 1. The van der Waals surface area contributed by atoms with Gasteiger partial charge in [0.1, 0.15) is 5.60 Å². The van der Waals surface area contributed by atoms with Gasteiger partial charge in [-0.2, -0.15) is 0 Å². The molecule has 0 spiro atoms. The lowest BCUT2D eigenvalue weighted by atomic mass is 9.80. The van der Waals surface area contributed by atoms with Crippen LogP contribution in [0.15, 0.2) is 12.3 Å². The summed E-state index contributed by atoms with van der Waals surface area (Å²) >= 11 is 0. The van der Waals surface area contributed by atoms with Crippen molar-refractivity contribution in [2.45, 2.75) is 46.1 Å². The van der Waals surface area contributed by atoms with Crippen LogP contribution in [0.3, 0.4) is 0 Å². The van der Waals surface area contributed by atoms with Crippen LogP contribution in [0.1, 0.15) is 40.5 Å². The van der Waals surface area contributed by atoms with E-state index in [9.17, 15) is 4.79 Å². The normalized spacial score (nSPS) is 19.9. The number of carbonyl (C=O) groups is 1. The first-order chi connectivity index (χ1) is 8.26. The molecule has 18 heavy (non-hydrogen) atoms. The molecule has 1 fully saturated rings. The lowest BCUT2D eigenvalue weighted by molar-refractivity contribution is 0.0154. The fourth-order valence-electron chi connectivity index (χ4n) is 1.93. The maximum Gasteiger partial charge on any atom is 0.410 e. The fraction of sp³-hybridized carbons (Fsp3) is 0.786. The highest BCUT2D eigenvalue weighted by molar-refractivity contribution is 5.68. The number of amides is 1. The second-order valence-corrected chi connectivity index (χ2v) is 6.16. The number of hydrogen-bond donors (Lipinski definition) is 0. The molecule has 1 aliphatic rings. The van der Waals surface area contributed by atoms with Crippen molar-refractivity contribution in [3.8, 4) is 0 Å². The first-order valence-electron chi connectivity index (χ1n) is 6.44. The molecule has 4 heteroatoms. The molecule has 1 aliphatic heterocycles. The Labute approximate surface area is 110 Å². The molecule has 104 valence electrons. The highest BCUT2D eigenvalue weighted by atomic mass is 16.6. The van der Waals surface area contributed by atoms with Gasteiger partial charge in [0.2, 0.25) is 0 Å². The molecule has 0 radical (unpaired) electrons. The van der Waals surface area contributed by atoms with Gasteiger partial charge < -0.3 is 14.4 Å². The number of allylic oxidation sites excluding steroid dienone is 1. The Bertz CT molecular complexity index is 309. The quantitative estimate of drug-likeness (QED) is 0.711. The predicted octanol–water partition coefficient (Wildman–Crippen LogP) is 3.18. The molecule has 1 rings (SSSR count). The number of rotatable bonds is 2. The number of methoxy groups -OCH3 is 1. The van der Waals surface area contributed by atoms with E-state index in [1.165, 1.54) is 0 Å². The first kappa shape index (κ1) is 14.9. The zero-order valence-electron chi connectivity index (χ0n) is 12.2. The Kier molecular flexibility index (Phi) is 4.65. The fourth-order valence-corrected chi connectivity index (χ4v) is 1.93. The summed E-state index contributed by atoms with van der Waals surface area (Å²) in [6.07, 6.45) is 5.47. The van der Waals surface area contributed by atoms with Crippen molar-refractivity contribution in [3.05, 3.63) is 12.3 Å². The third kappa shape index (κ3) is 4.59. The SMILES string of the molecule is CO/C=C\C1(C)CCN(C(=O)OC(C)(C)C)CC1. The second kappa shape index (κ2) is 5.63. The van der Waals surface area contributed by atoms with Crippen LogP contribution in [0.2, 0.25) is 0 Å². The standard InChI is InChI=1S/C14H25NO3/c1-13(2,3)18-12(16)15-9-6-14(4,7-10-15)8-11-17-5/h8,11H,6-7,9-10H2,1-5H3/b11-8-. The van der Waals surface area contributed by atoms with E-state index in [1.807, 2.05) is 20.8 Å². The molecular weight excluding hydrogens is 230 g/mol. The maximum absolute atomic E-state index is 11.9. The van der Waals surface area contributed by atoms with Gasteiger partial charge in [0.05, 0.1) is 13.4 Å². The molecule has 0 unspecified atom stereocenters. The van der Waals surface area contributed by atoms with Crippen molar-refractivity contribution in [2.75, 3.05) is 20.2 Å². The Balaban J connectivity index is 2.49. The summed E-state index contributed by atoms with van der Waals surface area (Å²) in [6, 6.07) is 0. The van der Waals surface area contributed by atoms with Crippen molar-refractivity contribution in [3.63, 3.8) is 0 Å². The minimum Gasteiger partial charge on any atom is -0.505 e. The average Bonchev–Trinajstić information content (AvgIpc) is 2.25. The van der Waals surface area contributed by atoms with Crippen LogP contribution in [-0.2, 0) is 9.47 Å². The molecule has 1 heterocycles. The van der Waals surface area contributed by atoms with Crippen molar-refractivity contribution in [2.24, 2.45) is 5.41 Å². The minimum absolute atomic E-state index is 0.120. The highest BCUT2D eigenvalue weighted by Gasteiger charge is 2.31. The van der Waals surface area contributed by atoms with E-state index in [-0.39, 0.29) is 11.5 Å². The summed E-state index contributed by atoms with van der Waals surface area (Å²) in [4.78, 5) is 13.7. The van der Waals surface area contributed by atoms with Gasteiger partial charge in [0, 0.05) is 13.1 Å². The zero-order valence-corrected chi connectivity index (χ0v) is 12.2. The Morgan fingerprint density at radius 1 is 1.28 bits per heavy atom. The minimum atomic E-state index is -0.423. The number of nitrogens with zero attached hydrogens (tertiary/aromatic N) is 1. The lowest BCUT2D eigenvalue weighted by Gasteiger charge is -2.37. The number of likely N-dealkylation sites (tertiary alicyclic amines) is 1. The zero-order chi connectivity index (χ0) is 13.8.